The number of carbonyl (C=O) groups excluding carboxylic acids is 2. The van der Waals surface area contributed by atoms with Crippen LogP contribution in [0.25, 0.3) is 0 Å². The average Bonchev–Trinajstić information content (AvgIpc) is 2.65. The fraction of sp³-hybridized carbons (Fsp3) is 0.500. The molecule has 1 fully saturated rings. The molecule has 3 rings (SSSR count). The fourth-order valence-electron chi connectivity index (χ4n) is 3.64. The molecular weight excluding hydrogens is 428 g/mol. The number of piperidine rings is 1. The number of halogens is 1. The number of hydrogen-bond acceptors (Lipinski definition) is 5. The zero-order valence-electron chi connectivity index (χ0n) is 17.3. The van der Waals surface area contributed by atoms with E-state index < -0.39 is 22.0 Å². The molecule has 2 atom stereocenters. The molecule has 0 spiro atoms. The number of amides is 2. The van der Waals surface area contributed by atoms with Crippen LogP contribution < -0.4 is 16.0 Å². The van der Waals surface area contributed by atoms with E-state index in [0.717, 1.165) is 29.4 Å². The van der Waals surface area contributed by atoms with E-state index in [1.54, 1.807) is 12.1 Å². The van der Waals surface area contributed by atoms with E-state index >= 15 is 0 Å². The lowest BCUT2D eigenvalue weighted by molar-refractivity contribution is -0.130. The summed E-state index contributed by atoms with van der Waals surface area (Å²) in [6.07, 6.45) is 3.10. The van der Waals surface area contributed by atoms with Crippen molar-refractivity contribution in [1.82, 2.24) is 20.3 Å². The minimum atomic E-state index is -3.97. The van der Waals surface area contributed by atoms with Gasteiger partial charge in [0.25, 0.3) is 10.0 Å². The van der Waals surface area contributed by atoms with Gasteiger partial charge in [-0.25, -0.2) is 8.42 Å². The second-order valence-electron chi connectivity index (χ2n) is 8.27. The van der Waals surface area contributed by atoms with Crippen molar-refractivity contribution >= 4 is 34.2 Å². The number of nitrogens with one attached hydrogen (secondary N) is 3. The summed E-state index contributed by atoms with van der Waals surface area (Å²) in [5.74, 6) is -0.868. The van der Waals surface area contributed by atoms with Crippen LogP contribution in [0.15, 0.2) is 41.6 Å². The highest BCUT2D eigenvalue weighted by atomic mass is 35.5. The van der Waals surface area contributed by atoms with E-state index in [4.69, 9.17) is 0 Å². The molecular formula is C20H29ClN4O4S. The minimum absolute atomic E-state index is 0. The Balaban J connectivity index is 0.00000320. The number of rotatable bonds is 5. The first kappa shape index (κ1) is 24.2. The van der Waals surface area contributed by atoms with Crippen molar-refractivity contribution in [1.29, 1.82) is 0 Å². The summed E-state index contributed by atoms with van der Waals surface area (Å²) < 4.78 is 27.1. The molecule has 10 heteroatoms. The Morgan fingerprint density at radius 2 is 1.93 bits per heavy atom. The molecule has 0 saturated carbocycles. The van der Waals surface area contributed by atoms with Gasteiger partial charge < -0.3 is 16.0 Å². The van der Waals surface area contributed by atoms with Gasteiger partial charge in [-0.1, -0.05) is 31.5 Å². The van der Waals surface area contributed by atoms with E-state index in [2.05, 4.69) is 29.8 Å². The Hall–Kier alpha value is -2.10. The highest BCUT2D eigenvalue weighted by Gasteiger charge is 2.38. The first-order valence-electron chi connectivity index (χ1n) is 9.68. The van der Waals surface area contributed by atoms with E-state index in [-0.39, 0.29) is 41.1 Å². The largest absolute Gasteiger partial charge is 0.353 e. The summed E-state index contributed by atoms with van der Waals surface area (Å²) >= 11 is 0. The molecule has 166 valence electrons. The van der Waals surface area contributed by atoms with Gasteiger partial charge in [0.1, 0.15) is 6.04 Å². The third kappa shape index (κ3) is 5.14. The Morgan fingerprint density at radius 3 is 2.57 bits per heavy atom. The smallest absolute Gasteiger partial charge is 0.264 e. The third-order valence-electron chi connectivity index (χ3n) is 5.50. The predicted octanol–water partition coefficient (Wildman–Crippen LogP) is 1.27. The number of carbonyl (C=O) groups is 2. The fourth-order valence-corrected chi connectivity index (χ4v) is 5.09. The standard InChI is InChI=1S/C20H28N4O4S.ClH/c1-14-4-6-15(7-5-14)29(27,28)24-11-10-22-19(26)16(24)12-18(25)23-17-8-9-21-13-20(17,2)3;/h4-7,10-11,16-17,21H,8-9,12-13H2,1-3H3,(H,22,26)(H,23,25);1H/t16-,17?;/m1./s1. The van der Waals surface area contributed by atoms with Crippen LogP contribution >= 0.6 is 12.4 Å². The number of sulfonamides is 1. The molecule has 2 amide bonds. The van der Waals surface area contributed by atoms with Crippen molar-refractivity contribution in [2.24, 2.45) is 5.41 Å². The zero-order valence-corrected chi connectivity index (χ0v) is 19.0. The molecule has 2 aliphatic rings. The van der Waals surface area contributed by atoms with Gasteiger partial charge in [-0.05, 0) is 37.4 Å². The van der Waals surface area contributed by atoms with Crippen LogP contribution in [0.4, 0.5) is 0 Å². The van der Waals surface area contributed by atoms with Gasteiger partial charge in [0.15, 0.2) is 0 Å². The molecule has 0 bridgehead atoms. The zero-order chi connectivity index (χ0) is 21.2. The second kappa shape index (κ2) is 9.36. The van der Waals surface area contributed by atoms with Crippen LogP contribution in [0.5, 0.6) is 0 Å². The summed E-state index contributed by atoms with van der Waals surface area (Å²) in [6, 6.07) is 5.21. The van der Waals surface area contributed by atoms with E-state index in [1.165, 1.54) is 24.5 Å². The summed E-state index contributed by atoms with van der Waals surface area (Å²) in [5.41, 5.74) is 0.799. The highest BCUT2D eigenvalue weighted by molar-refractivity contribution is 7.89. The maximum absolute atomic E-state index is 13.1. The van der Waals surface area contributed by atoms with Crippen molar-refractivity contribution in [3.05, 3.63) is 42.2 Å². The SMILES string of the molecule is Cc1ccc(S(=O)(=O)N2C=CNC(=O)[C@H]2CC(=O)NC2CCNCC2(C)C)cc1.Cl. The highest BCUT2D eigenvalue weighted by Crippen LogP contribution is 2.26. The third-order valence-corrected chi connectivity index (χ3v) is 7.30. The van der Waals surface area contributed by atoms with E-state index in [1.807, 2.05) is 6.92 Å². The number of nitrogens with zero attached hydrogens (tertiary/aromatic N) is 1. The Morgan fingerprint density at radius 1 is 1.27 bits per heavy atom. The predicted molar refractivity (Wildman–Crippen MR) is 116 cm³/mol. The Labute approximate surface area is 183 Å². The number of hydrogen-bond donors (Lipinski definition) is 3. The number of aryl methyl sites for hydroxylation is 1. The van der Waals surface area contributed by atoms with E-state index in [0.29, 0.717) is 0 Å². The van der Waals surface area contributed by atoms with Crippen molar-refractivity contribution in [2.45, 2.75) is 50.6 Å². The lowest BCUT2D eigenvalue weighted by Gasteiger charge is -2.40. The lowest BCUT2D eigenvalue weighted by Crippen LogP contribution is -2.56. The van der Waals surface area contributed by atoms with Gasteiger partial charge in [-0.15, -0.1) is 12.4 Å². The van der Waals surface area contributed by atoms with Crippen molar-refractivity contribution in [3.8, 4) is 0 Å². The molecule has 0 radical (unpaired) electrons. The van der Waals surface area contributed by atoms with Gasteiger partial charge in [0, 0.05) is 25.0 Å². The minimum Gasteiger partial charge on any atom is -0.353 e. The van der Waals surface area contributed by atoms with Crippen LogP contribution in [0, 0.1) is 12.3 Å². The quantitative estimate of drug-likeness (QED) is 0.618. The van der Waals surface area contributed by atoms with Gasteiger partial charge in [0.05, 0.1) is 11.3 Å². The summed E-state index contributed by atoms with van der Waals surface area (Å²) in [5, 5.41) is 8.80. The molecule has 2 heterocycles. The van der Waals surface area contributed by atoms with Crippen LogP contribution in [-0.2, 0) is 19.6 Å². The molecule has 2 aliphatic heterocycles. The molecule has 1 unspecified atom stereocenters. The molecule has 1 saturated heterocycles. The monoisotopic (exact) mass is 456 g/mol. The van der Waals surface area contributed by atoms with Crippen LogP contribution in [0.3, 0.4) is 0 Å². The van der Waals surface area contributed by atoms with Gasteiger partial charge in [-0.2, -0.15) is 0 Å². The molecule has 8 nitrogen and oxygen atoms in total. The van der Waals surface area contributed by atoms with Gasteiger partial charge in [-0.3, -0.25) is 13.9 Å². The molecule has 0 aromatic heterocycles. The lowest BCUT2D eigenvalue weighted by atomic mass is 9.80. The number of benzene rings is 1. The second-order valence-corrected chi connectivity index (χ2v) is 10.1. The van der Waals surface area contributed by atoms with Crippen LogP contribution in [0.2, 0.25) is 0 Å². The van der Waals surface area contributed by atoms with Crippen molar-refractivity contribution in [3.63, 3.8) is 0 Å². The molecule has 3 N–H and O–H groups in total. The Bertz CT molecular complexity index is 915. The van der Waals surface area contributed by atoms with Crippen molar-refractivity contribution in [2.75, 3.05) is 13.1 Å². The first-order valence-corrected chi connectivity index (χ1v) is 11.1. The van der Waals surface area contributed by atoms with Crippen LogP contribution in [-0.4, -0.2) is 49.7 Å². The average molecular weight is 457 g/mol. The van der Waals surface area contributed by atoms with Crippen molar-refractivity contribution < 1.29 is 18.0 Å². The summed E-state index contributed by atoms with van der Waals surface area (Å²) in [4.78, 5) is 25.2. The maximum Gasteiger partial charge on any atom is 0.264 e. The topological polar surface area (TPSA) is 108 Å². The molecule has 0 aliphatic carbocycles. The van der Waals surface area contributed by atoms with Gasteiger partial charge in [0.2, 0.25) is 11.8 Å². The summed E-state index contributed by atoms with van der Waals surface area (Å²) in [6.45, 7) is 7.57. The molecule has 1 aromatic rings. The van der Waals surface area contributed by atoms with Crippen LogP contribution in [0.1, 0.15) is 32.3 Å². The van der Waals surface area contributed by atoms with Gasteiger partial charge >= 0.3 is 0 Å². The molecule has 1 aromatic carbocycles. The molecule has 30 heavy (non-hydrogen) atoms. The van der Waals surface area contributed by atoms with E-state index in [9.17, 15) is 18.0 Å². The summed E-state index contributed by atoms with van der Waals surface area (Å²) in [7, 11) is -3.97. The Kier molecular flexibility index (Phi) is 7.54. The first-order chi connectivity index (χ1) is 13.6. The normalized spacial score (nSPS) is 23.3. The maximum atomic E-state index is 13.1.